The van der Waals surface area contributed by atoms with E-state index in [0.717, 1.165) is 30.0 Å². The summed E-state index contributed by atoms with van der Waals surface area (Å²) in [4.78, 5) is 20.5. The van der Waals surface area contributed by atoms with E-state index in [1.165, 1.54) is 37.0 Å². The SMILES string of the molecule is COc1cc(Cn2ncc(NC(=O)Cc3ccc(N4CCCC4)nc3)n2)ccc1F. The molecule has 156 valence electrons. The normalized spacial score (nSPS) is 13.5. The summed E-state index contributed by atoms with van der Waals surface area (Å²) >= 11 is 0. The van der Waals surface area contributed by atoms with Crippen LogP contribution in [0.5, 0.6) is 5.75 Å². The Hall–Kier alpha value is -3.49. The largest absolute Gasteiger partial charge is 0.494 e. The summed E-state index contributed by atoms with van der Waals surface area (Å²) in [5.74, 6) is 0.858. The molecule has 8 nitrogen and oxygen atoms in total. The number of nitrogens with zero attached hydrogens (tertiary/aromatic N) is 5. The number of halogens is 1. The van der Waals surface area contributed by atoms with Crippen molar-refractivity contribution in [3.8, 4) is 5.75 Å². The maximum absolute atomic E-state index is 13.5. The smallest absolute Gasteiger partial charge is 0.230 e. The number of nitrogens with one attached hydrogen (secondary N) is 1. The number of benzene rings is 1. The van der Waals surface area contributed by atoms with Gasteiger partial charge in [-0.3, -0.25) is 4.79 Å². The first-order valence-corrected chi connectivity index (χ1v) is 9.83. The minimum atomic E-state index is -0.425. The fraction of sp³-hybridized carbons (Fsp3) is 0.333. The monoisotopic (exact) mass is 410 g/mol. The van der Waals surface area contributed by atoms with Crippen molar-refractivity contribution < 1.29 is 13.9 Å². The van der Waals surface area contributed by atoms with Crippen LogP contribution in [0.2, 0.25) is 0 Å². The Balaban J connectivity index is 1.32. The lowest BCUT2D eigenvalue weighted by atomic mass is 10.2. The van der Waals surface area contributed by atoms with Crippen LogP contribution < -0.4 is 15.0 Å². The van der Waals surface area contributed by atoms with E-state index in [4.69, 9.17) is 4.74 Å². The summed E-state index contributed by atoms with van der Waals surface area (Å²) in [5.41, 5.74) is 1.62. The van der Waals surface area contributed by atoms with Crippen molar-refractivity contribution in [3.63, 3.8) is 0 Å². The average molecular weight is 410 g/mol. The number of hydrogen-bond acceptors (Lipinski definition) is 6. The Bertz CT molecular complexity index is 1010. The third kappa shape index (κ3) is 4.73. The average Bonchev–Trinajstić information content (AvgIpc) is 3.42. The van der Waals surface area contributed by atoms with Crippen LogP contribution in [0, 0.1) is 5.82 Å². The molecule has 1 fully saturated rings. The van der Waals surface area contributed by atoms with Crippen molar-refractivity contribution in [1.29, 1.82) is 0 Å². The number of rotatable bonds is 7. The summed E-state index contributed by atoms with van der Waals surface area (Å²) in [6.45, 7) is 2.40. The zero-order valence-electron chi connectivity index (χ0n) is 16.7. The third-order valence-electron chi connectivity index (χ3n) is 4.95. The second-order valence-electron chi connectivity index (χ2n) is 7.17. The molecule has 0 unspecified atom stereocenters. The summed E-state index contributed by atoms with van der Waals surface area (Å²) in [6.07, 6.45) is 5.82. The van der Waals surface area contributed by atoms with E-state index in [-0.39, 0.29) is 18.1 Å². The molecular formula is C21H23FN6O2. The minimum Gasteiger partial charge on any atom is -0.494 e. The molecule has 1 saturated heterocycles. The Morgan fingerprint density at radius 1 is 1.17 bits per heavy atom. The predicted octanol–water partition coefficient (Wildman–Crippen LogP) is 2.65. The first kappa shape index (κ1) is 19.8. The molecule has 0 bridgehead atoms. The quantitative estimate of drug-likeness (QED) is 0.645. The highest BCUT2D eigenvalue weighted by Gasteiger charge is 2.14. The van der Waals surface area contributed by atoms with Crippen LogP contribution >= 0.6 is 0 Å². The lowest BCUT2D eigenvalue weighted by Crippen LogP contribution is -2.19. The van der Waals surface area contributed by atoms with Gasteiger partial charge in [0.25, 0.3) is 0 Å². The molecule has 0 saturated carbocycles. The van der Waals surface area contributed by atoms with Crippen LogP contribution in [0.3, 0.4) is 0 Å². The topological polar surface area (TPSA) is 85.2 Å². The van der Waals surface area contributed by atoms with Gasteiger partial charge < -0.3 is 15.0 Å². The van der Waals surface area contributed by atoms with E-state index in [1.54, 1.807) is 18.3 Å². The van der Waals surface area contributed by atoms with E-state index in [9.17, 15) is 9.18 Å². The van der Waals surface area contributed by atoms with Gasteiger partial charge in [-0.1, -0.05) is 12.1 Å². The van der Waals surface area contributed by atoms with Crippen LogP contribution in [-0.2, 0) is 17.8 Å². The molecule has 0 atom stereocenters. The maximum Gasteiger partial charge on any atom is 0.230 e. The number of amides is 1. The number of methoxy groups -OCH3 is 1. The van der Waals surface area contributed by atoms with Crippen molar-refractivity contribution in [3.05, 3.63) is 59.7 Å². The summed E-state index contributed by atoms with van der Waals surface area (Å²) in [6, 6.07) is 8.46. The van der Waals surface area contributed by atoms with Crippen LogP contribution in [0.1, 0.15) is 24.0 Å². The van der Waals surface area contributed by atoms with Gasteiger partial charge in [0.1, 0.15) is 5.82 Å². The van der Waals surface area contributed by atoms with Gasteiger partial charge >= 0.3 is 0 Å². The summed E-state index contributed by atoms with van der Waals surface area (Å²) < 4.78 is 18.5. The second-order valence-corrected chi connectivity index (χ2v) is 7.17. The molecule has 3 aromatic rings. The highest BCUT2D eigenvalue weighted by molar-refractivity contribution is 5.91. The summed E-state index contributed by atoms with van der Waals surface area (Å²) in [5, 5.41) is 11.1. The van der Waals surface area contributed by atoms with E-state index in [2.05, 4.69) is 25.4 Å². The van der Waals surface area contributed by atoms with E-state index in [0.29, 0.717) is 12.4 Å². The number of ether oxygens (including phenoxy) is 1. The van der Waals surface area contributed by atoms with Gasteiger partial charge in [0.15, 0.2) is 17.4 Å². The number of carbonyl (C=O) groups is 1. The molecule has 0 radical (unpaired) electrons. The van der Waals surface area contributed by atoms with Crippen molar-refractivity contribution in [1.82, 2.24) is 20.0 Å². The zero-order valence-corrected chi connectivity index (χ0v) is 16.7. The zero-order chi connectivity index (χ0) is 20.9. The van der Waals surface area contributed by atoms with Gasteiger partial charge in [-0.25, -0.2) is 9.37 Å². The fourth-order valence-electron chi connectivity index (χ4n) is 3.42. The van der Waals surface area contributed by atoms with Crippen molar-refractivity contribution >= 4 is 17.5 Å². The lowest BCUT2D eigenvalue weighted by Gasteiger charge is -2.16. The predicted molar refractivity (Wildman–Crippen MR) is 110 cm³/mol. The minimum absolute atomic E-state index is 0.164. The Labute approximate surface area is 173 Å². The molecule has 3 heterocycles. The van der Waals surface area contributed by atoms with Crippen LogP contribution in [0.25, 0.3) is 0 Å². The molecule has 9 heteroatoms. The first-order chi connectivity index (χ1) is 14.6. The first-order valence-electron chi connectivity index (χ1n) is 9.83. The Kier molecular flexibility index (Phi) is 5.87. The number of carbonyl (C=O) groups excluding carboxylic acids is 1. The van der Waals surface area contributed by atoms with Gasteiger partial charge in [-0.15, -0.1) is 5.10 Å². The summed E-state index contributed by atoms with van der Waals surface area (Å²) in [7, 11) is 1.41. The number of hydrogen-bond donors (Lipinski definition) is 1. The molecule has 30 heavy (non-hydrogen) atoms. The Morgan fingerprint density at radius 2 is 1.97 bits per heavy atom. The number of aromatic nitrogens is 4. The van der Waals surface area contributed by atoms with Crippen molar-refractivity contribution in [2.24, 2.45) is 0 Å². The van der Waals surface area contributed by atoms with E-state index < -0.39 is 5.82 Å². The van der Waals surface area contributed by atoms with Gasteiger partial charge in [-0.2, -0.15) is 9.90 Å². The van der Waals surface area contributed by atoms with E-state index in [1.807, 2.05) is 12.1 Å². The lowest BCUT2D eigenvalue weighted by molar-refractivity contribution is -0.115. The fourth-order valence-corrected chi connectivity index (χ4v) is 3.42. The molecule has 0 aliphatic carbocycles. The number of anilines is 2. The maximum atomic E-state index is 13.5. The molecule has 1 aliphatic rings. The molecule has 1 aliphatic heterocycles. The van der Waals surface area contributed by atoms with Gasteiger partial charge in [0, 0.05) is 19.3 Å². The van der Waals surface area contributed by atoms with Crippen LogP contribution in [0.4, 0.5) is 16.0 Å². The molecule has 1 aromatic carbocycles. The second kappa shape index (κ2) is 8.89. The molecule has 1 amide bonds. The highest BCUT2D eigenvalue weighted by atomic mass is 19.1. The Morgan fingerprint density at radius 3 is 2.70 bits per heavy atom. The number of pyridine rings is 1. The van der Waals surface area contributed by atoms with Crippen LogP contribution in [0.15, 0.2) is 42.7 Å². The van der Waals surface area contributed by atoms with Crippen molar-refractivity contribution in [2.45, 2.75) is 25.8 Å². The van der Waals surface area contributed by atoms with Crippen molar-refractivity contribution in [2.75, 3.05) is 30.4 Å². The molecule has 0 spiro atoms. The molecule has 2 aromatic heterocycles. The standard InChI is InChI=1S/C21H23FN6O2/c1-30-18-10-16(4-6-17(18)22)14-28-24-13-19(26-28)25-21(29)11-15-5-7-20(23-12-15)27-8-2-3-9-27/h4-7,10,12-13H,2-3,8-9,11,14H2,1H3,(H,25,26,29). The van der Waals surface area contributed by atoms with E-state index >= 15 is 0 Å². The highest BCUT2D eigenvalue weighted by Crippen LogP contribution is 2.19. The van der Waals surface area contributed by atoms with Gasteiger partial charge in [0.05, 0.1) is 26.3 Å². The van der Waals surface area contributed by atoms with Gasteiger partial charge in [0.2, 0.25) is 5.91 Å². The third-order valence-corrected chi connectivity index (χ3v) is 4.95. The molecular weight excluding hydrogens is 387 g/mol. The molecule has 1 N–H and O–H groups in total. The molecule has 4 rings (SSSR count). The van der Waals surface area contributed by atoms with Crippen LogP contribution in [-0.4, -0.2) is 46.1 Å². The van der Waals surface area contributed by atoms with Gasteiger partial charge in [-0.05, 0) is 42.2 Å².